The number of hydrogen-bond donors (Lipinski definition) is 0. The van der Waals surface area contributed by atoms with Crippen LogP contribution in [0, 0.1) is 0 Å². The second-order valence-corrected chi connectivity index (χ2v) is 6.77. The van der Waals surface area contributed by atoms with Crippen LogP contribution in [0.3, 0.4) is 0 Å². The minimum atomic E-state index is -0.192. The minimum Gasteiger partial charge on any atom is -0.465 e. The number of ether oxygens (including phenoxy) is 1. The Morgan fingerprint density at radius 3 is 2.73 bits per heavy atom. The summed E-state index contributed by atoms with van der Waals surface area (Å²) in [6.45, 7) is 5.44. The molecule has 1 aromatic heterocycles. The number of aromatic nitrogens is 1. The van der Waals surface area contributed by atoms with Crippen LogP contribution in [0.25, 0.3) is 10.9 Å². The van der Waals surface area contributed by atoms with Crippen molar-refractivity contribution >= 4 is 22.8 Å². The Hall–Kier alpha value is -2.34. The lowest BCUT2D eigenvalue weighted by Gasteiger charge is -2.21. The van der Waals surface area contributed by atoms with E-state index in [1.807, 2.05) is 37.2 Å². The monoisotopic (exact) mass is 357 g/mol. The van der Waals surface area contributed by atoms with E-state index >= 15 is 0 Å². The van der Waals surface area contributed by atoms with Crippen molar-refractivity contribution in [3.8, 4) is 0 Å². The number of fused-ring (bicyclic) bond motifs is 1. The maximum Gasteiger partial charge on any atom is 0.320 e. The van der Waals surface area contributed by atoms with Gasteiger partial charge in [0.2, 0.25) is 5.91 Å². The summed E-state index contributed by atoms with van der Waals surface area (Å²) in [5.41, 5.74) is 2.22. The van der Waals surface area contributed by atoms with Crippen LogP contribution in [-0.4, -0.2) is 65.6 Å². The number of aryl methyl sites for hydroxylation is 1. The van der Waals surface area contributed by atoms with Gasteiger partial charge in [0.25, 0.3) is 0 Å². The summed E-state index contributed by atoms with van der Waals surface area (Å²) in [5, 5.41) is 1.14. The molecule has 0 aliphatic carbocycles. The van der Waals surface area contributed by atoms with Crippen molar-refractivity contribution in [2.45, 2.75) is 19.8 Å². The second-order valence-electron chi connectivity index (χ2n) is 6.77. The van der Waals surface area contributed by atoms with Gasteiger partial charge in [0.05, 0.1) is 19.6 Å². The Morgan fingerprint density at radius 1 is 1.12 bits per heavy atom. The molecule has 1 aliphatic rings. The van der Waals surface area contributed by atoms with Gasteiger partial charge >= 0.3 is 5.97 Å². The lowest BCUT2D eigenvalue weighted by molar-refractivity contribution is -0.144. The van der Waals surface area contributed by atoms with Gasteiger partial charge in [-0.05, 0) is 25.0 Å². The van der Waals surface area contributed by atoms with Crippen molar-refractivity contribution in [2.24, 2.45) is 7.05 Å². The Morgan fingerprint density at radius 2 is 1.92 bits per heavy atom. The fourth-order valence-corrected chi connectivity index (χ4v) is 3.61. The quantitative estimate of drug-likeness (QED) is 0.766. The van der Waals surface area contributed by atoms with Gasteiger partial charge in [0.15, 0.2) is 0 Å². The number of hydrogen-bond acceptors (Lipinski definition) is 4. The first kappa shape index (κ1) is 18.5. The van der Waals surface area contributed by atoms with E-state index in [1.165, 1.54) is 0 Å². The number of carbonyl (C=O) groups is 2. The minimum absolute atomic E-state index is 0.152. The van der Waals surface area contributed by atoms with Crippen molar-refractivity contribution in [1.82, 2.24) is 14.4 Å². The van der Waals surface area contributed by atoms with Crippen molar-refractivity contribution in [2.75, 3.05) is 39.3 Å². The number of esters is 1. The van der Waals surface area contributed by atoms with Crippen LogP contribution >= 0.6 is 0 Å². The number of carbonyl (C=O) groups excluding carboxylic acids is 2. The zero-order valence-corrected chi connectivity index (χ0v) is 15.6. The van der Waals surface area contributed by atoms with E-state index in [0.717, 1.165) is 36.0 Å². The van der Waals surface area contributed by atoms with Gasteiger partial charge in [-0.25, -0.2) is 0 Å². The standard InChI is InChI=1S/C20H27N3O3/c1-3-26-20(25)15-22-9-6-10-23(12-11-22)19(24)13-16-14-21(2)18-8-5-4-7-17(16)18/h4-5,7-8,14H,3,6,9-13,15H2,1-2H3. The van der Waals surface area contributed by atoms with E-state index in [2.05, 4.69) is 21.6 Å². The summed E-state index contributed by atoms with van der Waals surface area (Å²) in [6.07, 6.45) is 3.34. The number of rotatable bonds is 5. The summed E-state index contributed by atoms with van der Waals surface area (Å²) >= 11 is 0. The van der Waals surface area contributed by atoms with Crippen molar-refractivity contribution in [3.63, 3.8) is 0 Å². The Bertz CT molecular complexity index is 784. The Balaban J connectivity index is 1.60. The van der Waals surface area contributed by atoms with Gasteiger partial charge in [-0.2, -0.15) is 0 Å². The summed E-state index contributed by atoms with van der Waals surface area (Å²) in [4.78, 5) is 28.5. The molecule has 1 aliphatic heterocycles. The highest BCUT2D eigenvalue weighted by molar-refractivity contribution is 5.89. The van der Waals surface area contributed by atoms with E-state index in [9.17, 15) is 9.59 Å². The average molecular weight is 357 g/mol. The smallest absolute Gasteiger partial charge is 0.320 e. The van der Waals surface area contributed by atoms with Gasteiger partial charge in [-0.15, -0.1) is 0 Å². The highest BCUT2D eigenvalue weighted by Crippen LogP contribution is 2.21. The zero-order valence-electron chi connectivity index (χ0n) is 15.6. The molecule has 140 valence electrons. The largest absolute Gasteiger partial charge is 0.465 e. The predicted octanol–water partition coefficient (Wildman–Crippen LogP) is 1.82. The number of benzene rings is 1. The molecule has 0 unspecified atom stereocenters. The highest BCUT2D eigenvalue weighted by atomic mass is 16.5. The van der Waals surface area contributed by atoms with Gasteiger partial charge in [0, 0.05) is 50.3 Å². The third-order valence-corrected chi connectivity index (χ3v) is 4.92. The zero-order chi connectivity index (χ0) is 18.5. The number of para-hydroxylation sites is 1. The first-order valence-electron chi connectivity index (χ1n) is 9.27. The second kappa shape index (κ2) is 8.36. The van der Waals surface area contributed by atoms with Gasteiger partial charge in [0.1, 0.15) is 0 Å². The van der Waals surface area contributed by atoms with Gasteiger partial charge < -0.3 is 14.2 Å². The number of nitrogens with zero attached hydrogens (tertiary/aromatic N) is 3. The van der Waals surface area contributed by atoms with Crippen LogP contribution in [0.15, 0.2) is 30.5 Å². The summed E-state index contributed by atoms with van der Waals surface area (Å²) in [6, 6.07) is 8.17. The Kier molecular flexibility index (Phi) is 5.93. The van der Waals surface area contributed by atoms with Crippen LogP contribution in [0.1, 0.15) is 18.9 Å². The molecule has 6 nitrogen and oxygen atoms in total. The SMILES string of the molecule is CCOC(=O)CN1CCCN(C(=O)Cc2cn(C)c3ccccc23)CC1. The van der Waals surface area contributed by atoms with Gasteiger partial charge in [-0.1, -0.05) is 18.2 Å². The van der Waals surface area contributed by atoms with E-state index in [-0.39, 0.29) is 11.9 Å². The summed E-state index contributed by atoms with van der Waals surface area (Å²) in [7, 11) is 2.01. The molecule has 3 rings (SSSR count). The molecule has 0 radical (unpaired) electrons. The molecule has 0 spiro atoms. The maximum atomic E-state index is 12.8. The molecule has 6 heteroatoms. The molecule has 26 heavy (non-hydrogen) atoms. The van der Waals surface area contributed by atoms with Crippen LogP contribution < -0.4 is 0 Å². The van der Waals surface area contributed by atoms with Crippen molar-refractivity contribution in [1.29, 1.82) is 0 Å². The van der Waals surface area contributed by atoms with E-state index in [0.29, 0.717) is 32.7 Å². The van der Waals surface area contributed by atoms with E-state index in [1.54, 1.807) is 0 Å². The molecule has 0 N–H and O–H groups in total. The molecule has 1 saturated heterocycles. The molecule has 0 atom stereocenters. The number of amides is 1. The molecular formula is C20H27N3O3. The average Bonchev–Trinajstić information content (AvgIpc) is 2.79. The molecule has 1 aromatic carbocycles. The first-order valence-corrected chi connectivity index (χ1v) is 9.27. The van der Waals surface area contributed by atoms with Crippen LogP contribution in [-0.2, 0) is 27.8 Å². The molecular weight excluding hydrogens is 330 g/mol. The summed E-state index contributed by atoms with van der Waals surface area (Å²) in [5.74, 6) is -0.0395. The predicted molar refractivity (Wildman–Crippen MR) is 101 cm³/mol. The fraction of sp³-hybridized carbons (Fsp3) is 0.500. The van der Waals surface area contributed by atoms with Crippen LogP contribution in [0.4, 0.5) is 0 Å². The third kappa shape index (κ3) is 4.25. The molecule has 2 heterocycles. The lowest BCUT2D eigenvalue weighted by Crippen LogP contribution is -2.37. The third-order valence-electron chi connectivity index (χ3n) is 4.92. The van der Waals surface area contributed by atoms with Crippen molar-refractivity contribution < 1.29 is 14.3 Å². The lowest BCUT2D eigenvalue weighted by atomic mass is 10.1. The maximum absolute atomic E-state index is 12.8. The molecule has 0 saturated carbocycles. The van der Waals surface area contributed by atoms with Crippen molar-refractivity contribution in [3.05, 3.63) is 36.0 Å². The van der Waals surface area contributed by atoms with Crippen LogP contribution in [0.5, 0.6) is 0 Å². The summed E-state index contributed by atoms with van der Waals surface area (Å²) < 4.78 is 7.09. The topological polar surface area (TPSA) is 54.8 Å². The normalized spacial score (nSPS) is 15.8. The highest BCUT2D eigenvalue weighted by Gasteiger charge is 2.21. The fourth-order valence-electron chi connectivity index (χ4n) is 3.61. The van der Waals surface area contributed by atoms with Crippen LogP contribution in [0.2, 0.25) is 0 Å². The van der Waals surface area contributed by atoms with E-state index in [4.69, 9.17) is 4.74 Å². The first-order chi connectivity index (χ1) is 12.6. The molecule has 2 aromatic rings. The molecule has 1 fully saturated rings. The van der Waals surface area contributed by atoms with Gasteiger partial charge in [-0.3, -0.25) is 14.5 Å². The molecule has 1 amide bonds. The molecule has 0 bridgehead atoms. The Labute approximate surface area is 154 Å². The van der Waals surface area contributed by atoms with E-state index < -0.39 is 0 Å².